The normalized spacial score (nSPS) is 43.3. The Morgan fingerprint density at radius 2 is 2.08 bits per heavy atom. The molecule has 2 aliphatic rings. The molecule has 0 heterocycles. The monoisotopic (exact) mass is 176 g/mol. The SMILES string of the molecule is O=C(O)C1CC2CC1CC2(F)F. The van der Waals surface area contributed by atoms with Crippen molar-refractivity contribution in [1.29, 1.82) is 0 Å². The van der Waals surface area contributed by atoms with Crippen molar-refractivity contribution in [3.05, 3.63) is 0 Å². The van der Waals surface area contributed by atoms with Gasteiger partial charge in [-0.2, -0.15) is 0 Å². The van der Waals surface area contributed by atoms with Gasteiger partial charge in [0.05, 0.1) is 5.92 Å². The Morgan fingerprint density at radius 1 is 1.42 bits per heavy atom. The molecule has 0 spiro atoms. The summed E-state index contributed by atoms with van der Waals surface area (Å²) in [7, 11) is 0. The molecule has 2 bridgehead atoms. The van der Waals surface area contributed by atoms with Gasteiger partial charge < -0.3 is 5.11 Å². The molecule has 0 aliphatic heterocycles. The number of fused-ring (bicyclic) bond motifs is 2. The minimum Gasteiger partial charge on any atom is -0.481 e. The predicted molar refractivity (Wildman–Crippen MR) is 36.9 cm³/mol. The second kappa shape index (κ2) is 2.18. The Labute approximate surface area is 68.6 Å². The first-order chi connectivity index (χ1) is 5.50. The summed E-state index contributed by atoms with van der Waals surface area (Å²) in [6.45, 7) is 0. The fourth-order valence-corrected chi connectivity index (χ4v) is 2.51. The Morgan fingerprint density at radius 3 is 2.42 bits per heavy atom. The van der Waals surface area contributed by atoms with Crippen LogP contribution in [0.4, 0.5) is 8.78 Å². The lowest BCUT2D eigenvalue weighted by Gasteiger charge is -2.24. The smallest absolute Gasteiger partial charge is 0.306 e. The van der Waals surface area contributed by atoms with E-state index >= 15 is 0 Å². The number of rotatable bonds is 1. The third kappa shape index (κ3) is 0.934. The van der Waals surface area contributed by atoms with Crippen LogP contribution in [0.2, 0.25) is 0 Å². The van der Waals surface area contributed by atoms with E-state index in [0.717, 1.165) is 0 Å². The van der Waals surface area contributed by atoms with E-state index in [-0.39, 0.29) is 18.8 Å². The van der Waals surface area contributed by atoms with Gasteiger partial charge in [-0.3, -0.25) is 4.79 Å². The molecule has 1 N–H and O–H groups in total. The molecule has 3 atom stereocenters. The lowest BCUT2D eigenvalue weighted by Crippen LogP contribution is -2.31. The standard InChI is InChI=1S/C8H10F2O2/c9-8(10)3-4-1-5(8)2-6(4)7(11)12/h4-6H,1-3H2,(H,11,12). The van der Waals surface area contributed by atoms with Crippen LogP contribution in [0, 0.1) is 17.8 Å². The highest BCUT2D eigenvalue weighted by Crippen LogP contribution is 2.56. The minimum absolute atomic E-state index is 0.174. The van der Waals surface area contributed by atoms with Crippen LogP contribution in [0.25, 0.3) is 0 Å². The number of carbonyl (C=O) groups is 1. The van der Waals surface area contributed by atoms with Gasteiger partial charge in [-0.1, -0.05) is 0 Å². The van der Waals surface area contributed by atoms with E-state index in [2.05, 4.69) is 0 Å². The van der Waals surface area contributed by atoms with Crippen molar-refractivity contribution in [1.82, 2.24) is 0 Å². The molecule has 2 fully saturated rings. The molecule has 0 radical (unpaired) electrons. The molecule has 68 valence electrons. The van der Waals surface area contributed by atoms with Crippen molar-refractivity contribution in [2.24, 2.45) is 17.8 Å². The van der Waals surface area contributed by atoms with Crippen molar-refractivity contribution < 1.29 is 18.7 Å². The zero-order valence-electron chi connectivity index (χ0n) is 6.46. The first kappa shape index (κ1) is 7.95. The average Bonchev–Trinajstić information content (AvgIpc) is 2.40. The summed E-state index contributed by atoms with van der Waals surface area (Å²) >= 11 is 0. The molecule has 4 heteroatoms. The maximum absolute atomic E-state index is 12.9. The van der Waals surface area contributed by atoms with Gasteiger partial charge in [0.15, 0.2) is 0 Å². The molecular formula is C8H10F2O2. The lowest BCUT2D eigenvalue weighted by molar-refractivity contribution is -0.146. The van der Waals surface area contributed by atoms with Crippen LogP contribution in [-0.2, 0) is 4.79 Å². The molecule has 0 aromatic rings. The van der Waals surface area contributed by atoms with Crippen LogP contribution in [0.3, 0.4) is 0 Å². The van der Waals surface area contributed by atoms with Crippen LogP contribution >= 0.6 is 0 Å². The van der Waals surface area contributed by atoms with Crippen LogP contribution < -0.4 is 0 Å². The molecule has 0 amide bonds. The number of alkyl halides is 2. The third-order valence-corrected chi connectivity index (χ3v) is 3.14. The molecule has 2 rings (SSSR count). The zero-order chi connectivity index (χ0) is 8.93. The van der Waals surface area contributed by atoms with Gasteiger partial charge in [-0.15, -0.1) is 0 Å². The number of hydrogen-bond donors (Lipinski definition) is 1. The quantitative estimate of drug-likeness (QED) is 0.660. The maximum Gasteiger partial charge on any atom is 0.306 e. The molecule has 2 nitrogen and oxygen atoms in total. The van der Waals surface area contributed by atoms with Gasteiger partial charge in [0.2, 0.25) is 0 Å². The van der Waals surface area contributed by atoms with Crippen molar-refractivity contribution in [3.8, 4) is 0 Å². The third-order valence-electron chi connectivity index (χ3n) is 3.14. The van der Waals surface area contributed by atoms with E-state index in [1.54, 1.807) is 0 Å². The Balaban J connectivity index is 2.13. The summed E-state index contributed by atoms with van der Waals surface area (Å²) < 4.78 is 25.8. The highest BCUT2D eigenvalue weighted by Gasteiger charge is 2.58. The number of hydrogen-bond acceptors (Lipinski definition) is 1. The molecule has 2 aliphatic carbocycles. The van der Waals surface area contributed by atoms with Crippen molar-refractivity contribution >= 4 is 5.97 Å². The van der Waals surface area contributed by atoms with E-state index in [1.807, 2.05) is 0 Å². The van der Waals surface area contributed by atoms with Crippen LogP contribution in [0.1, 0.15) is 19.3 Å². The highest BCUT2D eigenvalue weighted by molar-refractivity contribution is 5.71. The summed E-state index contributed by atoms with van der Waals surface area (Å²) in [5.41, 5.74) is 0. The highest BCUT2D eigenvalue weighted by atomic mass is 19.3. The number of carboxylic acids is 1. The maximum atomic E-state index is 12.9. The molecule has 2 saturated carbocycles. The van der Waals surface area contributed by atoms with Gasteiger partial charge in [0.1, 0.15) is 0 Å². The summed E-state index contributed by atoms with van der Waals surface area (Å²) in [6.07, 6.45) is 0.367. The fourth-order valence-electron chi connectivity index (χ4n) is 2.51. The average molecular weight is 176 g/mol. The molecular weight excluding hydrogens is 166 g/mol. The van der Waals surface area contributed by atoms with Crippen molar-refractivity contribution in [3.63, 3.8) is 0 Å². The summed E-state index contributed by atoms with van der Waals surface area (Å²) in [5.74, 6) is -4.94. The Bertz CT molecular complexity index is 227. The number of aliphatic carboxylic acids is 1. The topological polar surface area (TPSA) is 37.3 Å². The van der Waals surface area contributed by atoms with Gasteiger partial charge in [0.25, 0.3) is 5.92 Å². The number of carboxylic acid groups (broad SMARTS) is 1. The lowest BCUT2D eigenvalue weighted by atomic mass is 9.87. The fraction of sp³-hybridized carbons (Fsp3) is 0.875. The van der Waals surface area contributed by atoms with Gasteiger partial charge in [0, 0.05) is 12.3 Å². The van der Waals surface area contributed by atoms with E-state index < -0.39 is 23.7 Å². The largest absolute Gasteiger partial charge is 0.481 e. The summed E-state index contributed by atoms with van der Waals surface area (Å²) in [5, 5.41) is 8.66. The predicted octanol–water partition coefficient (Wildman–Crippen LogP) is 1.75. The molecule has 0 aromatic carbocycles. The zero-order valence-corrected chi connectivity index (χ0v) is 6.46. The summed E-state index contributed by atoms with van der Waals surface area (Å²) in [4.78, 5) is 10.6. The van der Waals surface area contributed by atoms with Gasteiger partial charge in [-0.05, 0) is 18.8 Å². The van der Waals surface area contributed by atoms with E-state index in [1.165, 1.54) is 0 Å². The van der Waals surface area contributed by atoms with E-state index in [9.17, 15) is 13.6 Å². The first-order valence-corrected chi connectivity index (χ1v) is 4.11. The second-order valence-corrected chi connectivity index (χ2v) is 3.84. The van der Waals surface area contributed by atoms with Crippen LogP contribution in [0.5, 0.6) is 0 Å². The molecule has 3 unspecified atom stereocenters. The van der Waals surface area contributed by atoms with Crippen molar-refractivity contribution in [2.75, 3.05) is 0 Å². The first-order valence-electron chi connectivity index (χ1n) is 4.11. The Kier molecular flexibility index (Phi) is 1.44. The minimum atomic E-state index is -2.59. The van der Waals surface area contributed by atoms with Crippen molar-refractivity contribution in [2.45, 2.75) is 25.2 Å². The molecule has 0 aromatic heterocycles. The van der Waals surface area contributed by atoms with Gasteiger partial charge >= 0.3 is 5.97 Å². The van der Waals surface area contributed by atoms with E-state index in [0.29, 0.717) is 6.42 Å². The van der Waals surface area contributed by atoms with Crippen LogP contribution in [0.15, 0.2) is 0 Å². The Hall–Kier alpha value is -0.670. The van der Waals surface area contributed by atoms with E-state index in [4.69, 9.17) is 5.11 Å². The van der Waals surface area contributed by atoms with Gasteiger partial charge in [-0.25, -0.2) is 8.78 Å². The van der Waals surface area contributed by atoms with Crippen LogP contribution in [-0.4, -0.2) is 17.0 Å². The number of halogens is 2. The summed E-state index contributed by atoms with van der Waals surface area (Å²) in [6, 6.07) is 0. The molecule has 12 heavy (non-hydrogen) atoms. The second-order valence-electron chi connectivity index (χ2n) is 3.84. The molecule has 0 saturated heterocycles.